The van der Waals surface area contributed by atoms with Crippen molar-refractivity contribution < 1.29 is 14.0 Å². The molecule has 0 radical (unpaired) electrons. The largest absolute Gasteiger partial charge is 0.431 e. The number of piperidine rings is 1. The van der Waals surface area contributed by atoms with Crippen LogP contribution in [0.1, 0.15) is 49.5 Å². The number of likely N-dealkylation sites (tertiary alicyclic amines) is 1. The first kappa shape index (κ1) is 13.1. The molecule has 1 aromatic heterocycles. The third-order valence-corrected chi connectivity index (χ3v) is 3.97. The van der Waals surface area contributed by atoms with Crippen LogP contribution < -0.4 is 5.32 Å². The van der Waals surface area contributed by atoms with Crippen molar-refractivity contribution in [2.24, 2.45) is 5.92 Å². The maximum atomic E-state index is 12.3. The zero-order valence-electron chi connectivity index (χ0n) is 11.6. The summed E-state index contributed by atoms with van der Waals surface area (Å²) in [6, 6.07) is 0.354. The molecule has 108 valence electrons. The highest BCUT2D eigenvalue weighted by Gasteiger charge is 2.31. The number of aromatic nitrogens is 1. The highest BCUT2D eigenvalue weighted by atomic mass is 16.4. The normalized spacial score (nSPS) is 22.6. The molecular weight excluding hydrogens is 258 g/mol. The van der Waals surface area contributed by atoms with Gasteiger partial charge in [-0.1, -0.05) is 0 Å². The lowest BCUT2D eigenvalue weighted by Crippen LogP contribution is -2.42. The number of carbonyl (C=O) groups is 2. The first-order chi connectivity index (χ1) is 9.65. The fourth-order valence-corrected chi connectivity index (χ4v) is 2.53. The molecule has 2 heterocycles. The molecule has 6 nitrogen and oxygen atoms in total. The molecule has 2 fully saturated rings. The van der Waals surface area contributed by atoms with Crippen LogP contribution in [-0.2, 0) is 4.79 Å². The summed E-state index contributed by atoms with van der Waals surface area (Å²) < 4.78 is 5.17. The summed E-state index contributed by atoms with van der Waals surface area (Å²) in [5.74, 6) is -0.103. The number of anilines is 1. The van der Waals surface area contributed by atoms with E-state index in [0.29, 0.717) is 0 Å². The molecule has 0 bridgehead atoms. The van der Waals surface area contributed by atoms with Gasteiger partial charge in [-0.05, 0) is 39.0 Å². The Labute approximate surface area is 117 Å². The molecule has 1 unspecified atom stereocenters. The van der Waals surface area contributed by atoms with Gasteiger partial charge in [-0.3, -0.25) is 14.9 Å². The topological polar surface area (TPSA) is 75.4 Å². The lowest BCUT2D eigenvalue weighted by atomic mass is 10.0. The number of amides is 2. The Hall–Kier alpha value is -1.85. The van der Waals surface area contributed by atoms with Gasteiger partial charge in [-0.2, -0.15) is 4.98 Å². The van der Waals surface area contributed by atoms with Crippen molar-refractivity contribution in [3.63, 3.8) is 0 Å². The fraction of sp³-hybridized carbons (Fsp3) is 0.643. The molecule has 1 aliphatic heterocycles. The smallest absolute Gasteiger partial charge is 0.302 e. The van der Waals surface area contributed by atoms with E-state index in [1.807, 2.05) is 11.8 Å². The van der Waals surface area contributed by atoms with Crippen molar-refractivity contribution in [3.05, 3.63) is 12.0 Å². The molecule has 1 saturated carbocycles. The van der Waals surface area contributed by atoms with Gasteiger partial charge in [-0.15, -0.1) is 0 Å². The van der Waals surface area contributed by atoms with Gasteiger partial charge >= 0.3 is 6.01 Å². The van der Waals surface area contributed by atoms with E-state index in [9.17, 15) is 9.59 Å². The second kappa shape index (κ2) is 5.26. The second-order valence-electron chi connectivity index (χ2n) is 5.64. The van der Waals surface area contributed by atoms with Crippen LogP contribution in [0.25, 0.3) is 0 Å². The number of nitrogens with zero attached hydrogens (tertiary/aromatic N) is 2. The van der Waals surface area contributed by atoms with Crippen molar-refractivity contribution in [1.82, 2.24) is 9.88 Å². The lowest BCUT2D eigenvalue weighted by molar-refractivity contribution is -0.117. The number of hydrogen-bond donors (Lipinski definition) is 1. The Morgan fingerprint density at radius 1 is 1.35 bits per heavy atom. The minimum Gasteiger partial charge on any atom is -0.431 e. The average molecular weight is 277 g/mol. The van der Waals surface area contributed by atoms with Gasteiger partial charge in [0, 0.05) is 18.5 Å². The molecule has 1 saturated heterocycles. The summed E-state index contributed by atoms with van der Waals surface area (Å²) in [6.45, 7) is 2.81. The molecule has 1 atom stereocenters. The van der Waals surface area contributed by atoms with E-state index in [-0.39, 0.29) is 35.5 Å². The second-order valence-corrected chi connectivity index (χ2v) is 5.64. The molecule has 1 aliphatic carbocycles. The molecule has 3 rings (SSSR count). The Morgan fingerprint density at radius 2 is 2.15 bits per heavy atom. The highest BCUT2D eigenvalue weighted by Crippen LogP contribution is 2.30. The van der Waals surface area contributed by atoms with Crippen LogP contribution in [0.4, 0.5) is 6.01 Å². The molecule has 1 aromatic rings. The first-order valence-electron chi connectivity index (χ1n) is 7.22. The number of nitrogens with one attached hydrogen (secondary N) is 1. The van der Waals surface area contributed by atoms with Gasteiger partial charge in [0.15, 0.2) is 5.69 Å². The third kappa shape index (κ3) is 2.69. The van der Waals surface area contributed by atoms with E-state index in [2.05, 4.69) is 10.3 Å². The SMILES string of the molecule is CC1CCCCN1C(=O)c1coc(NC(=O)C2CC2)n1. The van der Waals surface area contributed by atoms with E-state index in [0.717, 1.165) is 38.6 Å². The van der Waals surface area contributed by atoms with E-state index < -0.39 is 0 Å². The predicted molar refractivity (Wildman–Crippen MR) is 72.2 cm³/mol. The van der Waals surface area contributed by atoms with Crippen molar-refractivity contribution in [2.45, 2.75) is 45.1 Å². The van der Waals surface area contributed by atoms with Crippen LogP contribution >= 0.6 is 0 Å². The summed E-state index contributed by atoms with van der Waals surface area (Å²) >= 11 is 0. The number of carbonyl (C=O) groups excluding carboxylic acids is 2. The maximum Gasteiger partial charge on any atom is 0.302 e. The lowest BCUT2D eigenvalue weighted by Gasteiger charge is -2.32. The zero-order chi connectivity index (χ0) is 14.1. The highest BCUT2D eigenvalue weighted by molar-refractivity contribution is 5.95. The first-order valence-corrected chi connectivity index (χ1v) is 7.22. The van der Waals surface area contributed by atoms with Crippen LogP contribution in [0.3, 0.4) is 0 Å². The Kier molecular flexibility index (Phi) is 3.46. The summed E-state index contributed by atoms with van der Waals surface area (Å²) in [7, 11) is 0. The minimum absolute atomic E-state index is 0.0720. The third-order valence-electron chi connectivity index (χ3n) is 3.97. The van der Waals surface area contributed by atoms with Gasteiger partial charge < -0.3 is 9.32 Å². The molecule has 2 aliphatic rings. The van der Waals surface area contributed by atoms with E-state index in [4.69, 9.17) is 4.42 Å². The van der Waals surface area contributed by atoms with Gasteiger partial charge in [0.05, 0.1) is 0 Å². The van der Waals surface area contributed by atoms with E-state index in [1.165, 1.54) is 6.26 Å². The quantitative estimate of drug-likeness (QED) is 0.917. The number of rotatable bonds is 3. The monoisotopic (exact) mass is 277 g/mol. The minimum atomic E-state index is -0.118. The van der Waals surface area contributed by atoms with Crippen molar-refractivity contribution in [1.29, 1.82) is 0 Å². The van der Waals surface area contributed by atoms with Crippen molar-refractivity contribution in [3.8, 4) is 0 Å². The van der Waals surface area contributed by atoms with E-state index >= 15 is 0 Å². The van der Waals surface area contributed by atoms with Gasteiger partial charge in [0.1, 0.15) is 6.26 Å². The van der Waals surface area contributed by atoms with Crippen LogP contribution in [0.15, 0.2) is 10.7 Å². The Balaban J connectivity index is 1.65. The molecule has 0 spiro atoms. The molecule has 6 heteroatoms. The molecule has 2 amide bonds. The van der Waals surface area contributed by atoms with Crippen LogP contribution in [0, 0.1) is 5.92 Å². The number of oxazole rings is 1. The van der Waals surface area contributed by atoms with Crippen molar-refractivity contribution >= 4 is 17.8 Å². The van der Waals surface area contributed by atoms with Crippen LogP contribution in [0.2, 0.25) is 0 Å². The van der Waals surface area contributed by atoms with Crippen LogP contribution in [-0.4, -0.2) is 34.3 Å². The summed E-state index contributed by atoms with van der Waals surface area (Å²) in [6.07, 6.45) is 6.37. The number of hydrogen-bond acceptors (Lipinski definition) is 4. The van der Waals surface area contributed by atoms with Gasteiger partial charge in [0.2, 0.25) is 5.91 Å². The van der Waals surface area contributed by atoms with Gasteiger partial charge in [0.25, 0.3) is 5.91 Å². The molecule has 0 aromatic carbocycles. The average Bonchev–Trinajstić information content (AvgIpc) is 3.19. The van der Waals surface area contributed by atoms with E-state index in [1.54, 1.807) is 0 Å². The maximum absolute atomic E-state index is 12.3. The summed E-state index contributed by atoms with van der Waals surface area (Å²) in [5.41, 5.74) is 0.268. The molecule has 1 N–H and O–H groups in total. The fourth-order valence-electron chi connectivity index (χ4n) is 2.53. The molecular formula is C14H19N3O3. The standard InChI is InChI=1S/C14H19N3O3/c1-9-4-2-3-7-17(9)13(19)11-8-20-14(15-11)16-12(18)10-5-6-10/h8-10H,2-7H2,1H3,(H,15,16,18). The summed E-state index contributed by atoms with van der Waals surface area (Å²) in [4.78, 5) is 29.9. The van der Waals surface area contributed by atoms with Crippen LogP contribution in [0.5, 0.6) is 0 Å². The van der Waals surface area contributed by atoms with Crippen molar-refractivity contribution in [2.75, 3.05) is 11.9 Å². The van der Waals surface area contributed by atoms with Gasteiger partial charge in [-0.25, -0.2) is 0 Å². The summed E-state index contributed by atoms with van der Waals surface area (Å²) in [5, 5.41) is 2.61. The zero-order valence-corrected chi connectivity index (χ0v) is 11.6. The Morgan fingerprint density at radius 3 is 2.85 bits per heavy atom. The molecule has 20 heavy (non-hydrogen) atoms. The predicted octanol–water partition coefficient (Wildman–Crippen LogP) is 2.04. The Bertz CT molecular complexity index is 521.